The summed E-state index contributed by atoms with van der Waals surface area (Å²) in [6, 6.07) is 12.2. The molecule has 0 fully saturated rings. The second-order valence-electron chi connectivity index (χ2n) is 8.53. The van der Waals surface area contributed by atoms with Gasteiger partial charge in [-0.25, -0.2) is 8.42 Å². The van der Waals surface area contributed by atoms with Gasteiger partial charge >= 0.3 is 0 Å². The minimum absolute atomic E-state index is 0.122. The number of hydrogen-bond acceptors (Lipinski definition) is 11. The molecule has 40 heavy (non-hydrogen) atoms. The predicted octanol–water partition coefficient (Wildman–Crippen LogP) is 2.66. The van der Waals surface area contributed by atoms with Gasteiger partial charge in [0.1, 0.15) is 5.75 Å². The molecule has 16 heteroatoms. The Morgan fingerprint density at radius 3 is 2.60 bits per heavy atom. The van der Waals surface area contributed by atoms with Crippen molar-refractivity contribution >= 4 is 50.9 Å². The van der Waals surface area contributed by atoms with Crippen molar-refractivity contribution in [1.82, 2.24) is 24.6 Å². The molecule has 0 radical (unpaired) electrons. The van der Waals surface area contributed by atoms with Crippen LogP contribution in [0.5, 0.6) is 5.75 Å². The molecule has 0 unspecified atom stereocenters. The van der Waals surface area contributed by atoms with E-state index in [1.165, 1.54) is 10.8 Å². The van der Waals surface area contributed by atoms with E-state index in [1.54, 1.807) is 36.4 Å². The minimum Gasteiger partial charge on any atom is -0.506 e. The Balaban J connectivity index is 1.17. The van der Waals surface area contributed by atoms with Crippen molar-refractivity contribution in [2.24, 2.45) is 5.73 Å². The molecule has 0 aliphatic rings. The zero-order valence-electron chi connectivity index (χ0n) is 20.6. The van der Waals surface area contributed by atoms with Gasteiger partial charge in [-0.1, -0.05) is 23.7 Å². The Morgan fingerprint density at radius 1 is 1.12 bits per heavy atom. The maximum absolute atomic E-state index is 12.8. The number of furan rings is 1. The number of aromatic nitrogens is 5. The first kappa shape index (κ1) is 26.7. The third kappa shape index (κ3) is 5.60. The highest BCUT2D eigenvalue weighted by atomic mass is 35.5. The van der Waals surface area contributed by atoms with Crippen LogP contribution in [0.4, 0.5) is 17.6 Å². The molecule has 3 heterocycles. The Hall–Kier alpha value is -4.89. The summed E-state index contributed by atoms with van der Waals surface area (Å²) in [6.45, 7) is 0.535. The zero-order valence-corrected chi connectivity index (χ0v) is 22.1. The van der Waals surface area contributed by atoms with Crippen LogP contribution < -0.4 is 21.5 Å². The number of fused-ring (bicyclic) bond motifs is 1. The number of sulfonamides is 1. The molecule has 5 rings (SSSR count). The molecule has 0 atom stereocenters. The number of phenols is 1. The highest BCUT2D eigenvalue weighted by molar-refractivity contribution is 7.92. The summed E-state index contributed by atoms with van der Waals surface area (Å²) >= 11 is 5.87. The Labute approximate surface area is 232 Å². The van der Waals surface area contributed by atoms with Crippen LogP contribution in [0.25, 0.3) is 17.4 Å². The highest BCUT2D eigenvalue weighted by Gasteiger charge is 2.21. The summed E-state index contributed by atoms with van der Waals surface area (Å²) in [5.41, 5.74) is 12.1. The van der Waals surface area contributed by atoms with Gasteiger partial charge in [0.15, 0.2) is 5.76 Å². The van der Waals surface area contributed by atoms with E-state index in [-0.39, 0.29) is 21.6 Å². The lowest BCUT2D eigenvalue weighted by Gasteiger charge is -2.11. The lowest BCUT2D eigenvalue weighted by atomic mass is 10.1. The first-order chi connectivity index (χ1) is 19.1. The third-order valence-electron chi connectivity index (χ3n) is 5.72. The van der Waals surface area contributed by atoms with Gasteiger partial charge in [0.2, 0.25) is 17.7 Å². The molecule has 206 valence electrons. The number of primary amides is 1. The van der Waals surface area contributed by atoms with Gasteiger partial charge in [0.05, 0.1) is 21.7 Å². The fourth-order valence-electron chi connectivity index (χ4n) is 3.76. The monoisotopic (exact) mass is 583 g/mol. The predicted molar refractivity (Wildman–Crippen MR) is 146 cm³/mol. The number of hydrogen-bond donors (Lipinski definition) is 5. The lowest BCUT2D eigenvalue weighted by Crippen LogP contribution is -2.16. The molecule has 7 N–H and O–H groups in total. The van der Waals surface area contributed by atoms with Gasteiger partial charge in [-0.05, 0) is 54.8 Å². The number of carbonyl (C=O) groups is 1. The number of nitrogens with two attached hydrogens (primary N) is 2. The average Bonchev–Trinajstić information content (AvgIpc) is 3.59. The number of rotatable bonds is 10. The average molecular weight is 584 g/mol. The second-order valence-corrected chi connectivity index (χ2v) is 10.6. The van der Waals surface area contributed by atoms with Gasteiger partial charge in [0.25, 0.3) is 21.7 Å². The van der Waals surface area contributed by atoms with Crippen molar-refractivity contribution in [3.8, 4) is 17.3 Å². The minimum atomic E-state index is -4.11. The van der Waals surface area contributed by atoms with Crippen LogP contribution in [0.2, 0.25) is 5.02 Å². The van der Waals surface area contributed by atoms with Crippen LogP contribution in [0.3, 0.4) is 0 Å². The smallest absolute Gasteiger partial charge is 0.261 e. The molecule has 0 saturated heterocycles. The second kappa shape index (κ2) is 10.7. The molecule has 1 amide bonds. The molecule has 14 nitrogen and oxygen atoms in total. The Kier molecular flexibility index (Phi) is 7.15. The molecule has 3 aromatic heterocycles. The highest BCUT2D eigenvalue weighted by Crippen LogP contribution is 2.31. The van der Waals surface area contributed by atoms with Crippen LogP contribution in [0.1, 0.15) is 22.3 Å². The SMILES string of the molecule is NC(=O)c1cc(S(=O)(=O)Nc2ccc(CCCNc3nc(N)n4nc(-c5ccco5)nc4n3)cc2)cc(Cl)c1O. The fourth-order valence-corrected chi connectivity index (χ4v) is 5.15. The zero-order chi connectivity index (χ0) is 28.4. The molecule has 0 saturated carbocycles. The molecule has 0 aliphatic carbocycles. The molecule has 0 bridgehead atoms. The number of aryl methyl sites for hydroxylation is 1. The lowest BCUT2D eigenvalue weighted by molar-refractivity contribution is 0.0997. The van der Waals surface area contributed by atoms with Crippen molar-refractivity contribution in [3.63, 3.8) is 0 Å². The van der Waals surface area contributed by atoms with E-state index in [4.69, 9.17) is 27.5 Å². The van der Waals surface area contributed by atoms with E-state index in [0.717, 1.165) is 17.7 Å². The normalized spacial score (nSPS) is 11.5. The number of anilines is 3. The number of amides is 1. The number of nitrogen functional groups attached to an aromatic ring is 1. The van der Waals surface area contributed by atoms with Crippen LogP contribution in [-0.2, 0) is 16.4 Å². The Morgan fingerprint density at radius 2 is 1.90 bits per heavy atom. The molecule has 2 aromatic carbocycles. The number of nitrogens with one attached hydrogen (secondary N) is 2. The first-order valence-corrected chi connectivity index (χ1v) is 13.6. The number of aromatic hydroxyl groups is 1. The molecular formula is C24H22ClN9O5S. The molecule has 0 spiro atoms. The maximum Gasteiger partial charge on any atom is 0.261 e. The van der Waals surface area contributed by atoms with Crippen molar-refractivity contribution in [2.75, 3.05) is 22.3 Å². The number of benzene rings is 2. The van der Waals surface area contributed by atoms with Crippen molar-refractivity contribution in [2.45, 2.75) is 17.7 Å². The van der Waals surface area contributed by atoms with Crippen LogP contribution in [0, 0.1) is 0 Å². The van der Waals surface area contributed by atoms with E-state index in [2.05, 4.69) is 30.1 Å². The van der Waals surface area contributed by atoms with E-state index in [9.17, 15) is 18.3 Å². The maximum atomic E-state index is 12.8. The van der Waals surface area contributed by atoms with E-state index < -0.39 is 27.2 Å². The third-order valence-corrected chi connectivity index (χ3v) is 7.37. The number of nitrogens with zero attached hydrogens (tertiary/aromatic N) is 5. The van der Waals surface area contributed by atoms with E-state index >= 15 is 0 Å². The van der Waals surface area contributed by atoms with Gasteiger partial charge in [-0.15, -0.1) is 5.10 Å². The standard InChI is InChI=1S/C24H22ClN9O5S/c25-17-12-15(11-16(19(17)35)20(26)36)40(37,38)33-14-7-5-13(6-8-14)3-1-9-28-23-30-22(27)34-24(31-23)29-21(32-34)18-4-2-10-39-18/h2,4-8,10-12,33,35H,1,3,9H2,(H2,26,36)(H3,27,28,29,30,31,32). The van der Waals surface area contributed by atoms with Crippen molar-refractivity contribution < 1.29 is 22.7 Å². The first-order valence-electron chi connectivity index (χ1n) is 11.7. The molecule has 0 aliphatic heterocycles. The van der Waals surface area contributed by atoms with Crippen LogP contribution in [-0.4, -0.2) is 50.5 Å². The number of carbonyl (C=O) groups excluding carboxylic acids is 1. The van der Waals surface area contributed by atoms with Gasteiger partial charge in [-0.3, -0.25) is 9.52 Å². The van der Waals surface area contributed by atoms with E-state index in [1.807, 2.05) is 0 Å². The summed E-state index contributed by atoms with van der Waals surface area (Å²) < 4.78 is 34.6. The summed E-state index contributed by atoms with van der Waals surface area (Å²) in [5, 5.41) is 16.9. The summed E-state index contributed by atoms with van der Waals surface area (Å²) in [5.74, 6) is -0.0571. The van der Waals surface area contributed by atoms with Crippen molar-refractivity contribution in [3.05, 3.63) is 70.9 Å². The topological polar surface area (TPSA) is 217 Å². The van der Waals surface area contributed by atoms with Gasteiger partial charge in [0, 0.05) is 12.2 Å². The van der Waals surface area contributed by atoms with Crippen molar-refractivity contribution in [1.29, 1.82) is 0 Å². The Bertz CT molecular complexity index is 1810. The largest absolute Gasteiger partial charge is 0.506 e. The molecular weight excluding hydrogens is 562 g/mol. The quantitative estimate of drug-likeness (QED) is 0.150. The summed E-state index contributed by atoms with van der Waals surface area (Å²) in [6.07, 6.45) is 2.91. The molecule has 5 aromatic rings. The number of halogens is 1. The van der Waals surface area contributed by atoms with E-state index in [0.29, 0.717) is 42.6 Å². The summed E-state index contributed by atoms with van der Waals surface area (Å²) in [4.78, 5) is 24.1. The van der Waals surface area contributed by atoms with Gasteiger partial charge < -0.3 is 26.3 Å². The van der Waals surface area contributed by atoms with Crippen LogP contribution in [0.15, 0.2) is 64.1 Å². The summed E-state index contributed by atoms with van der Waals surface area (Å²) in [7, 11) is -4.11. The van der Waals surface area contributed by atoms with Gasteiger partial charge in [-0.2, -0.15) is 19.5 Å². The van der Waals surface area contributed by atoms with Crippen LogP contribution >= 0.6 is 11.6 Å². The fraction of sp³-hybridized carbons (Fsp3) is 0.125.